The fourth-order valence-electron chi connectivity index (χ4n) is 2.43. The van der Waals surface area contributed by atoms with Crippen LogP contribution in [0.1, 0.15) is 33.1 Å². The van der Waals surface area contributed by atoms with Crippen LogP contribution in [0.25, 0.3) is 0 Å². The summed E-state index contributed by atoms with van der Waals surface area (Å²) in [5, 5.41) is 0. The Bertz CT molecular complexity index is 356. The fraction of sp³-hybridized carbons (Fsp3) is 0.667. The Morgan fingerprint density at radius 1 is 1.31 bits per heavy atom. The second-order valence-corrected chi connectivity index (χ2v) is 4.29. The van der Waals surface area contributed by atoms with Gasteiger partial charge in [0, 0.05) is 12.3 Å². The summed E-state index contributed by atoms with van der Waals surface area (Å²) in [6.45, 7) is 4.49. The molecule has 0 aromatic heterocycles. The fourth-order valence-corrected chi connectivity index (χ4v) is 2.43. The molecule has 0 fully saturated rings. The molecule has 2 aliphatic heterocycles. The number of hydrogen-bond donors (Lipinski definition) is 0. The maximum atomic E-state index is 11.6. The van der Waals surface area contributed by atoms with Gasteiger partial charge in [-0.1, -0.05) is 13.3 Å². The van der Waals surface area contributed by atoms with E-state index in [1.54, 1.807) is 0 Å². The molecular weight excluding hydrogens is 208 g/mol. The summed E-state index contributed by atoms with van der Waals surface area (Å²) in [7, 11) is 0. The first-order chi connectivity index (χ1) is 7.65. The van der Waals surface area contributed by atoms with Crippen molar-refractivity contribution >= 4 is 11.9 Å². The molecule has 2 heterocycles. The SMILES string of the molecule is CCC[C@H]1C2=C(CCOC1C)C(=O)OC2=O. The van der Waals surface area contributed by atoms with Crippen molar-refractivity contribution in [1.82, 2.24) is 0 Å². The number of esters is 2. The molecule has 0 spiro atoms. The maximum absolute atomic E-state index is 11.6. The van der Waals surface area contributed by atoms with Crippen molar-refractivity contribution in [2.24, 2.45) is 5.92 Å². The average Bonchev–Trinajstić information content (AvgIpc) is 2.43. The van der Waals surface area contributed by atoms with Crippen molar-refractivity contribution in [3.63, 3.8) is 0 Å². The minimum atomic E-state index is -0.473. The molecule has 0 aliphatic carbocycles. The van der Waals surface area contributed by atoms with E-state index in [1.807, 2.05) is 6.92 Å². The molecule has 0 saturated carbocycles. The van der Waals surface area contributed by atoms with Gasteiger partial charge in [0.15, 0.2) is 0 Å². The molecule has 0 aromatic rings. The lowest BCUT2D eigenvalue weighted by Gasteiger charge is -2.21. The van der Waals surface area contributed by atoms with E-state index in [9.17, 15) is 9.59 Å². The minimum absolute atomic E-state index is 0.00134. The molecule has 88 valence electrons. The molecule has 4 nitrogen and oxygen atoms in total. The summed E-state index contributed by atoms with van der Waals surface area (Å²) in [5.74, 6) is -0.934. The summed E-state index contributed by atoms with van der Waals surface area (Å²) in [6, 6.07) is 0. The first-order valence-electron chi connectivity index (χ1n) is 5.76. The monoisotopic (exact) mass is 224 g/mol. The molecule has 0 amide bonds. The first kappa shape index (κ1) is 11.3. The van der Waals surface area contributed by atoms with Crippen molar-refractivity contribution in [3.8, 4) is 0 Å². The first-order valence-corrected chi connectivity index (χ1v) is 5.76. The molecule has 0 N–H and O–H groups in total. The van der Waals surface area contributed by atoms with Crippen LogP contribution in [0.3, 0.4) is 0 Å². The van der Waals surface area contributed by atoms with Crippen molar-refractivity contribution < 1.29 is 19.1 Å². The zero-order valence-electron chi connectivity index (χ0n) is 9.62. The van der Waals surface area contributed by atoms with E-state index in [-0.39, 0.29) is 12.0 Å². The number of cyclic esters (lactones) is 2. The predicted octanol–water partition coefficient (Wildman–Crippen LogP) is 1.59. The van der Waals surface area contributed by atoms with E-state index in [1.165, 1.54) is 0 Å². The highest BCUT2D eigenvalue weighted by molar-refractivity contribution is 6.12. The average molecular weight is 224 g/mol. The second-order valence-electron chi connectivity index (χ2n) is 4.29. The quantitative estimate of drug-likeness (QED) is 0.528. The Hall–Kier alpha value is -1.16. The van der Waals surface area contributed by atoms with Gasteiger partial charge in [0.05, 0.1) is 23.9 Å². The van der Waals surface area contributed by atoms with Crippen molar-refractivity contribution in [2.45, 2.75) is 39.2 Å². The van der Waals surface area contributed by atoms with Crippen LogP contribution in [0.2, 0.25) is 0 Å². The van der Waals surface area contributed by atoms with Crippen LogP contribution in [0, 0.1) is 5.92 Å². The Morgan fingerprint density at radius 2 is 2.06 bits per heavy atom. The van der Waals surface area contributed by atoms with Crippen molar-refractivity contribution in [3.05, 3.63) is 11.1 Å². The third-order valence-corrected chi connectivity index (χ3v) is 3.25. The van der Waals surface area contributed by atoms with E-state index in [0.717, 1.165) is 12.8 Å². The van der Waals surface area contributed by atoms with Gasteiger partial charge < -0.3 is 9.47 Å². The molecule has 2 rings (SSSR count). The van der Waals surface area contributed by atoms with Crippen LogP contribution in [0.4, 0.5) is 0 Å². The molecule has 2 aliphatic rings. The highest BCUT2D eigenvalue weighted by Gasteiger charge is 2.40. The lowest BCUT2D eigenvalue weighted by Crippen LogP contribution is -2.24. The summed E-state index contributed by atoms with van der Waals surface area (Å²) in [4.78, 5) is 23.1. The Morgan fingerprint density at radius 3 is 2.75 bits per heavy atom. The highest BCUT2D eigenvalue weighted by Crippen LogP contribution is 2.35. The smallest absolute Gasteiger partial charge is 0.342 e. The summed E-state index contributed by atoms with van der Waals surface area (Å²) >= 11 is 0. The second kappa shape index (κ2) is 4.37. The third-order valence-electron chi connectivity index (χ3n) is 3.25. The number of rotatable bonds is 2. The molecule has 4 heteroatoms. The lowest BCUT2D eigenvalue weighted by molar-refractivity contribution is -0.152. The molecule has 0 radical (unpaired) electrons. The Balaban J connectivity index is 2.38. The molecule has 2 atom stereocenters. The molecule has 0 saturated heterocycles. The van der Waals surface area contributed by atoms with E-state index in [0.29, 0.717) is 24.2 Å². The number of hydrogen-bond acceptors (Lipinski definition) is 4. The summed E-state index contributed by atoms with van der Waals surface area (Å²) in [5.41, 5.74) is 1.10. The van der Waals surface area contributed by atoms with Gasteiger partial charge in [-0.2, -0.15) is 0 Å². The Labute approximate surface area is 94.6 Å². The molecule has 1 unspecified atom stereocenters. The number of carbonyl (C=O) groups is 2. The van der Waals surface area contributed by atoms with E-state index in [4.69, 9.17) is 4.74 Å². The van der Waals surface area contributed by atoms with Gasteiger partial charge in [-0.25, -0.2) is 9.59 Å². The van der Waals surface area contributed by atoms with Gasteiger partial charge in [0.2, 0.25) is 0 Å². The van der Waals surface area contributed by atoms with Crippen LogP contribution >= 0.6 is 0 Å². The largest absolute Gasteiger partial charge is 0.386 e. The lowest BCUT2D eigenvalue weighted by atomic mass is 9.87. The van der Waals surface area contributed by atoms with Crippen molar-refractivity contribution in [2.75, 3.05) is 6.61 Å². The normalized spacial score (nSPS) is 30.1. The van der Waals surface area contributed by atoms with Crippen LogP contribution in [0.5, 0.6) is 0 Å². The maximum Gasteiger partial charge on any atom is 0.342 e. The van der Waals surface area contributed by atoms with Gasteiger partial charge in [0.1, 0.15) is 0 Å². The topological polar surface area (TPSA) is 52.6 Å². The van der Waals surface area contributed by atoms with Crippen LogP contribution in [-0.2, 0) is 19.1 Å². The minimum Gasteiger partial charge on any atom is -0.386 e. The molecule has 16 heavy (non-hydrogen) atoms. The highest BCUT2D eigenvalue weighted by atomic mass is 16.6. The van der Waals surface area contributed by atoms with E-state index < -0.39 is 11.9 Å². The number of carbonyl (C=O) groups excluding carboxylic acids is 2. The summed E-state index contributed by atoms with van der Waals surface area (Å²) < 4.78 is 10.3. The van der Waals surface area contributed by atoms with E-state index >= 15 is 0 Å². The van der Waals surface area contributed by atoms with Gasteiger partial charge in [-0.05, 0) is 13.3 Å². The van der Waals surface area contributed by atoms with Crippen LogP contribution in [-0.4, -0.2) is 24.6 Å². The molecular formula is C12H16O4. The van der Waals surface area contributed by atoms with Crippen molar-refractivity contribution in [1.29, 1.82) is 0 Å². The molecule has 0 aromatic carbocycles. The number of ether oxygens (including phenoxy) is 2. The third kappa shape index (κ3) is 1.78. The van der Waals surface area contributed by atoms with Gasteiger partial charge in [0.25, 0.3) is 0 Å². The Kier molecular flexibility index (Phi) is 3.10. The van der Waals surface area contributed by atoms with Gasteiger partial charge >= 0.3 is 11.9 Å². The zero-order chi connectivity index (χ0) is 11.7. The van der Waals surface area contributed by atoms with E-state index in [2.05, 4.69) is 11.7 Å². The predicted molar refractivity (Wildman–Crippen MR) is 56.6 cm³/mol. The van der Waals surface area contributed by atoms with Crippen LogP contribution < -0.4 is 0 Å². The zero-order valence-corrected chi connectivity index (χ0v) is 9.62. The molecule has 0 bridgehead atoms. The standard InChI is InChI=1S/C12H16O4/c1-3-4-8-7(2)15-6-5-9-10(8)12(14)16-11(9)13/h7-8H,3-6H2,1-2H3/t7?,8-/m1/s1. The van der Waals surface area contributed by atoms with Gasteiger partial charge in [-0.3, -0.25) is 0 Å². The van der Waals surface area contributed by atoms with Gasteiger partial charge in [-0.15, -0.1) is 0 Å². The van der Waals surface area contributed by atoms with Crippen LogP contribution in [0.15, 0.2) is 11.1 Å². The summed E-state index contributed by atoms with van der Waals surface area (Å²) in [6.07, 6.45) is 2.27.